The molecular weight excluding hydrogens is 462 g/mol. The van der Waals surface area contributed by atoms with Crippen molar-refractivity contribution in [3.8, 4) is 11.3 Å². The molecule has 3 aromatic rings. The Kier molecular flexibility index (Phi) is 6.51. The smallest absolute Gasteiger partial charge is 0.227 e. The number of pyridine rings is 1. The Labute approximate surface area is 201 Å². The Balaban J connectivity index is 1.98. The summed E-state index contributed by atoms with van der Waals surface area (Å²) in [5.41, 5.74) is -0.591. The van der Waals surface area contributed by atoms with E-state index in [4.69, 9.17) is 11.6 Å². The van der Waals surface area contributed by atoms with Crippen molar-refractivity contribution in [1.29, 1.82) is 0 Å². The van der Waals surface area contributed by atoms with Crippen LogP contribution in [0.5, 0.6) is 0 Å². The number of aliphatic hydroxyl groups is 1. The number of amides is 1. The molecule has 0 aliphatic carbocycles. The van der Waals surface area contributed by atoms with E-state index in [-0.39, 0.29) is 46.5 Å². The normalized spacial score (nSPS) is 17.6. The van der Waals surface area contributed by atoms with Crippen molar-refractivity contribution in [1.82, 2.24) is 4.98 Å². The van der Waals surface area contributed by atoms with Crippen LogP contribution in [0.15, 0.2) is 54.6 Å². The molecule has 176 valence electrons. The van der Waals surface area contributed by atoms with Crippen LogP contribution in [0.3, 0.4) is 0 Å². The van der Waals surface area contributed by atoms with Crippen molar-refractivity contribution in [3.63, 3.8) is 0 Å². The monoisotopic (exact) mass is 484 g/mol. The lowest BCUT2D eigenvalue weighted by atomic mass is 9.87. The van der Waals surface area contributed by atoms with E-state index >= 15 is 0 Å². The van der Waals surface area contributed by atoms with Gasteiger partial charge in [-0.1, -0.05) is 48.9 Å². The highest BCUT2D eigenvalue weighted by Gasteiger charge is 2.38. The topological polar surface area (TPSA) is 70.5 Å². The number of Topliss-reactive ketones (excluding diaryl/α,β-unsaturated/α-hetero) is 1. The molecule has 8 heteroatoms. The summed E-state index contributed by atoms with van der Waals surface area (Å²) in [6, 6.07) is 12.9. The zero-order valence-corrected chi connectivity index (χ0v) is 19.4. The third-order valence-corrected chi connectivity index (χ3v) is 6.53. The number of carbonyl (C=O) groups is 2. The Morgan fingerprint density at radius 1 is 1.18 bits per heavy atom. The number of halogens is 3. The molecular formula is C26H23ClF2N2O3. The van der Waals surface area contributed by atoms with E-state index in [0.29, 0.717) is 23.7 Å². The molecule has 2 atom stereocenters. The molecule has 4 rings (SSSR count). The second-order valence-corrected chi connectivity index (χ2v) is 8.76. The quantitative estimate of drug-likeness (QED) is 0.475. The summed E-state index contributed by atoms with van der Waals surface area (Å²) in [7, 11) is 0. The first-order chi connectivity index (χ1) is 16.2. The van der Waals surface area contributed by atoms with E-state index in [0.717, 1.165) is 6.07 Å². The molecule has 5 nitrogen and oxygen atoms in total. The van der Waals surface area contributed by atoms with E-state index < -0.39 is 23.3 Å². The number of hydrogen-bond donors (Lipinski definition) is 1. The van der Waals surface area contributed by atoms with Crippen LogP contribution in [0.4, 0.5) is 14.5 Å². The van der Waals surface area contributed by atoms with E-state index in [9.17, 15) is 23.5 Å². The number of nitrogens with zero attached hydrogens (tertiary/aromatic N) is 2. The summed E-state index contributed by atoms with van der Waals surface area (Å²) >= 11 is 5.92. The SMILES string of the molecule is CC[C@@](O)(c1ccccc1)c1cc(N2C(=O)CC[C@H]2C(C)=O)cc(-c2cc(Cl)c(F)cc2F)n1. The van der Waals surface area contributed by atoms with E-state index in [1.807, 2.05) is 6.07 Å². The fourth-order valence-corrected chi connectivity index (χ4v) is 4.53. The van der Waals surface area contributed by atoms with Crippen molar-refractivity contribution < 1.29 is 23.5 Å². The molecule has 1 N–H and O–H groups in total. The minimum Gasteiger partial charge on any atom is -0.379 e. The van der Waals surface area contributed by atoms with Crippen LogP contribution >= 0.6 is 11.6 Å². The molecule has 2 aromatic carbocycles. The van der Waals surface area contributed by atoms with Crippen molar-refractivity contribution in [2.45, 2.75) is 44.8 Å². The zero-order valence-electron chi connectivity index (χ0n) is 18.7. The Bertz CT molecular complexity index is 1270. The number of benzene rings is 2. The fraction of sp³-hybridized carbons (Fsp3) is 0.269. The number of anilines is 1. The van der Waals surface area contributed by atoms with Gasteiger partial charge in [-0.05, 0) is 43.5 Å². The lowest BCUT2D eigenvalue weighted by molar-refractivity contribution is -0.121. The number of rotatable bonds is 6. The first-order valence-electron chi connectivity index (χ1n) is 10.9. The van der Waals surface area contributed by atoms with Gasteiger partial charge in [0.1, 0.15) is 17.2 Å². The summed E-state index contributed by atoms with van der Waals surface area (Å²) in [5.74, 6) is -2.26. The maximum absolute atomic E-state index is 14.8. The molecule has 1 aliphatic heterocycles. The molecule has 0 spiro atoms. The average Bonchev–Trinajstić information content (AvgIpc) is 3.23. The van der Waals surface area contributed by atoms with Gasteiger partial charge < -0.3 is 10.0 Å². The van der Waals surface area contributed by atoms with Crippen LogP contribution in [0.25, 0.3) is 11.3 Å². The second kappa shape index (κ2) is 9.24. The number of aromatic nitrogens is 1. The van der Waals surface area contributed by atoms with Crippen molar-refractivity contribution in [2.75, 3.05) is 4.90 Å². The molecule has 1 fully saturated rings. The largest absolute Gasteiger partial charge is 0.379 e. The van der Waals surface area contributed by atoms with Gasteiger partial charge in [-0.25, -0.2) is 13.8 Å². The van der Waals surface area contributed by atoms with Crippen LogP contribution in [0.1, 0.15) is 44.4 Å². The van der Waals surface area contributed by atoms with Crippen LogP contribution in [0, 0.1) is 11.6 Å². The van der Waals surface area contributed by atoms with Gasteiger partial charge in [-0.2, -0.15) is 0 Å². The third kappa shape index (κ3) is 4.21. The highest BCUT2D eigenvalue weighted by Crippen LogP contribution is 2.38. The predicted octanol–water partition coefficient (Wildman–Crippen LogP) is 5.41. The Morgan fingerprint density at radius 3 is 2.53 bits per heavy atom. The van der Waals surface area contributed by atoms with E-state index in [1.54, 1.807) is 37.3 Å². The third-order valence-electron chi connectivity index (χ3n) is 6.24. The second-order valence-electron chi connectivity index (χ2n) is 8.35. The number of hydrogen-bond acceptors (Lipinski definition) is 4. The molecule has 0 bridgehead atoms. The molecule has 1 aromatic heterocycles. The minimum absolute atomic E-state index is 0.0525. The highest BCUT2D eigenvalue weighted by atomic mass is 35.5. The predicted molar refractivity (Wildman–Crippen MR) is 126 cm³/mol. The van der Waals surface area contributed by atoms with Gasteiger partial charge in [0.15, 0.2) is 5.78 Å². The first-order valence-corrected chi connectivity index (χ1v) is 11.3. The molecule has 0 saturated carbocycles. The summed E-state index contributed by atoms with van der Waals surface area (Å²) < 4.78 is 28.6. The minimum atomic E-state index is -1.57. The number of carbonyl (C=O) groups excluding carboxylic acids is 2. The summed E-state index contributed by atoms with van der Waals surface area (Å²) in [6.07, 6.45) is 0.767. The van der Waals surface area contributed by atoms with Crippen molar-refractivity contribution in [3.05, 3.63) is 82.5 Å². The van der Waals surface area contributed by atoms with Gasteiger partial charge >= 0.3 is 0 Å². The average molecular weight is 485 g/mol. The van der Waals surface area contributed by atoms with Crippen molar-refractivity contribution >= 4 is 29.0 Å². The lowest BCUT2D eigenvalue weighted by Crippen LogP contribution is -2.38. The standard InChI is InChI=1S/C26H23ClF2N2O3/c1-3-26(34,16-7-5-4-6-8-16)24-12-17(31-23(15(2)32)9-10-25(31)33)11-22(30-24)18-13-19(27)21(29)14-20(18)28/h4-8,11-14,23,34H,3,9-10H2,1-2H3/t23-,26+/m0/s1. The van der Waals surface area contributed by atoms with E-state index in [2.05, 4.69) is 4.98 Å². The van der Waals surface area contributed by atoms with Gasteiger partial charge in [-0.15, -0.1) is 0 Å². The molecule has 0 radical (unpaired) electrons. The van der Waals surface area contributed by atoms with Crippen LogP contribution < -0.4 is 4.90 Å². The molecule has 1 saturated heterocycles. The Morgan fingerprint density at radius 2 is 1.88 bits per heavy atom. The summed E-state index contributed by atoms with van der Waals surface area (Å²) in [4.78, 5) is 30.9. The van der Waals surface area contributed by atoms with Crippen LogP contribution in [0.2, 0.25) is 5.02 Å². The van der Waals surface area contributed by atoms with Gasteiger partial charge in [0, 0.05) is 23.7 Å². The molecule has 0 unspecified atom stereocenters. The van der Waals surface area contributed by atoms with Gasteiger partial charge in [0.2, 0.25) is 5.91 Å². The lowest BCUT2D eigenvalue weighted by Gasteiger charge is -2.30. The fourth-order valence-electron chi connectivity index (χ4n) is 4.36. The van der Waals surface area contributed by atoms with Crippen LogP contribution in [-0.2, 0) is 15.2 Å². The summed E-state index contributed by atoms with van der Waals surface area (Å²) in [5, 5.41) is 11.4. The highest BCUT2D eigenvalue weighted by molar-refractivity contribution is 6.31. The van der Waals surface area contributed by atoms with Gasteiger partial charge in [0.05, 0.1) is 22.5 Å². The summed E-state index contributed by atoms with van der Waals surface area (Å²) in [6.45, 7) is 3.18. The Hall–Kier alpha value is -3.16. The molecule has 2 heterocycles. The van der Waals surface area contributed by atoms with E-state index in [1.165, 1.54) is 17.9 Å². The first kappa shape index (κ1) is 24.0. The molecule has 1 aliphatic rings. The van der Waals surface area contributed by atoms with Crippen LogP contribution in [-0.4, -0.2) is 27.8 Å². The number of ketones is 1. The maximum atomic E-state index is 14.8. The van der Waals surface area contributed by atoms with Gasteiger partial charge in [0.25, 0.3) is 0 Å². The van der Waals surface area contributed by atoms with Crippen molar-refractivity contribution in [2.24, 2.45) is 0 Å². The maximum Gasteiger partial charge on any atom is 0.227 e. The molecule has 34 heavy (non-hydrogen) atoms. The van der Waals surface area contributed by atoms with Gasteiger partial charge in [-0.3, -0.25) is 9.59 Å². The molecule has 1 amide bonds. The zero-order chi connectivity index (χ0) is 24.6.